The van der Waals surface area contributed by atoms with E-state index in [1.165, 1.54) is 0 Å². The molecule has 0 amide bonds. The second-order valence-electron chi connectivity index (χ2n) is 5.61. The third kappa shape index (κ3) is 3.25. The lowest BCUT2D eigenvalue weighted by atomic mass is 9.99. The first-order chi connectivity index (χ1) is 11.2. The van der Waals surface area contributed by atoms with Gasteiger partial charge in [0.2, 0.25) is 0 Å². The summed E-state index contributed by atoms with van der Waals surface area (Å²) >= 11 is 0. The van der Waals surface area contributed by atoms with Crippen LogP contribution in [-0.4, -0.2) is 17.1 Å². The van der Waals surface area contributed by atoms with Crippen LogP contribution >= 0.6 is 0 Å². The first-order valence-corrected chi connectivity index (χ1v) is 7.65. The number of anilines is 2. The van der Waals surface area contributed by atoms with Crippen molar-refractivity contribution in [3.63, 3.8) is 0 Å². The van der Waals surface area contributed by atoms with Gasteiger partial charge >= 0.3 is 0 Å². The Morgan fingerprint density at radius 2 is 1.57 bits per heavy atom. The molecule has 1 heterocycles. The molecule has 0 spiro atoms. The first kappa shape index (κ1) is 15.3. The Balaban J connectivity index is 1.89. The Morgan fingerprint density at radius 1 is 0.957 bits per heavy atom. The van der Waals surface area contributed by atoms with Crippen LogP contribution in [0, 0.1) is 6.92 Å². The molecule has 0 bridgehead atoms. The zero-order chi connectivity index (χ0) is 16.2. The van der Waals surface area contributed by atoms with Gasteiger partial charge in [0.25, 0.3) is 0 Å². The average Bonchev–Trinajstić information content (AvgIpc) is 2.62. The fraction of sp³-hybridized carbons (Fsp3) is 0.150. The number of hydrogen-bond donors (Lipinski definition) is 1. The summed E-state index contributed by atoms with van der Waals surface area (Å²) < 4.78 is 0. The lowest BCUT2D eigenvalue weighted by Crippen LogP contribution is -2.12. The number of rotatable bonds is 4. The molecule has 1 atom stereocenters. The molecular weight excluding hydrogens is 284 g/mol. The van der Waals surface area contributed by atoms with Crippen LogP contribution in [0.3, 0.4) is 0 Å². The highest BCUT2D eigenvalue weighted by atomic mass is 16.3. The molecule has 0 saturated heterocycles. The third-order valence-corrected chi connectivity index (χ3v) is 4.03. The minimum absolute atomic E-state index is 0.653. The molecule has 23 heavy (non-hydrogen) atoms. The number of para-hydroxylation sites is 1. The van der Waals surface area contributed by atoms with Gasteiger partial charge in [-0.3, -0.25) is 0 Å². The summed E-state index contributed by atoms with van der Waals surface area (Å²) in [5.41, 5.74) is 3.81. The third-order valence-electron chi connectivity index (χ3n) is 4.03. The van der Waals surface area contributed by atoms with E-state index in [0.717, 1.165) is 28.2 Å². The standard InChI is InChI=1S/C20H20N2O/c1-15-13-19(22(2)17-11-7-4-8-12-17)21-14-18(15)20(23)16-9-5-3-6-10-16/h3-14,20,23H,1-2H3/t20-/m0/s1. The molecule has 0 aliphatic carbocycles. The van der Waals surface area contributed by atoms with Gasteiger partial charge in [-0.15, -0.1) is 0 Å². The molecule has 1 aromatic heterocycles. The number of benzene rings is 2. The van der Waals surface area contributed by atoms with E-state index in [4.69, 9.17) is 0 Å². The summed E-state index contributed by atoms with van der Waals surface area (Å²) in [4.78, 5) is 6.56. The Morgan fingerprint density at radius 3 is 2.17 bits per heavy atom. The van der Waals surface area contributed by atoms with Crippen molar-refractivity contribution < 1.29 is 5.11 Å². The van der Waals surface area contributed by atoms with Crippen molar-refractivity contribution in [2.45, 2.75) is 13.0 Å². The zero-order valence-corrected chi connectivity index (χ0v) is 13.3. The molecular formula is C20H20N2O. The van der Waals surface area contributed by atoms with Crippen LogP contribution in [0.4, 0.5) is 11.5 Å². The monoisotopic (exact) mass is 304 g/mol. The van der Waals surface area contributed by atoms with Crippen LogP contribution in [-0.2, 0) is 0 Å². The van der Waals surface area contributed by atoms with Gasteiger partial charge < -0.3 is 10.0 Å². The minimum atomic E-state index is -0.653. The number of aliphatic hydroxyl groups is 1. The maximum Gasteiger partial charge on any atom is 0.132 e. The van der Waals surface area contributed by atoms with Crippen LogP contribution in [0.1, 0.15) is 22.8 Å². The molecule has 0 aliphatic rings. The lowest BCUT2D eigenvalue weighted by molar-refractivity contribution is 0.219. The molecule has 3 heteroatoms. The Labute approximate surface area is 136 Å². The highest BCUT2D eigenvalue weighted by Crippen LogP contribution is 2.28. The van der Waals surface area contributed by atoms with Crippen LogP contribution in [0.15, 0.2) is 72.9 Å². The van der Waals surface area contributed by atoms with Crippen molar-refractivity contribution in [2.24, 2.45) is 0 Å². The number of aryl methyl sites for hydroxylation is 1. The first-order valence-electron chi connectivity index (χ1n) is 7.65. The van der Waals surface area contributed by atoms with Gasteiger partial charge in [0, 0.05) is 24.5 Å². The van der Waals surface area contributed by atoms with Gasteiger partial charge in [0.05, 0.1) is 0 Å². The minimum Gasteiger partial charge on any atom is -0.384 e. The number of aliphatic hydroxyl groups excluding tert-OH is 1. The molecule has 3 rings (SSSR count). The normalized spacial score (nSPS) is 12.0. The molecule has 0 fully saturated rings. The molecule has 3 nitrogen and oxygen atoms in total. The fourth-order valence-electron chi connectivity index (χ4n) is 2.62. The predicted molar refractivity (Wildman–Crippen MR) is 94.0 cm³/mol. The van der Waals surface area contributed by atoms with Crippen molar-refractivity contribution in [3.05, 3.63) is 89.6 Å². The van der Waals surface area contributed by atoms with E-state index in [9.17, 15) is 5.11 Å². The van der Waals surface area contributed by atoms with E-state index < -0.39 is 6.10 Å². The second-order valence-corrected chi connectivity index (χ2v) is 5.61. The van der Waals surface area contributed by atoms with Gasteiger partial charge in [0.1, 0.15) is 11.9 Å². The van der Waals surface area contributed by atoms with Crippen LogP contribution in [0.5, 0.6) is 0 Å². The van der Waals surface area contributed by atoms with E-state index in [-0.39, 0.29) is 0 Å². The maximum absolute atomic E-state index is 10.6. The van der Waals surface area contributed by atoms with E-state index in [2.05, 4.69) is 4.98 Å². The smallest absolute Gasteiger partial charge is 0.132 e. The topological polar surface area (TPSA) is 36.4 Å². The highest BCUT2D eigenvalue weighted by molar-refractivity contribution is 5.60. The van der Waals surface area contributed by atoms with E-state index >= 15 is 0 Å². The fourth-order valence-corrected chi connectivity index (χ4v) is 2.62. The van der Waals surface area contributed by atoms with Crippen molar-refractivity contribution in [1.29, 1.82) is 0 Å². The van der Waals surface area contributed by atoms with Crippen LogP contribution in [0.2, 0.25) is 0 Å². The van der Waals surface area contributed by atoms with Crippen LogP contribution < -0.4 is 4.90 Å². The average molecular weight is 304 g/mol. The molecule has 2 aromatic carbocycles. The van der Waals surface area contributed by atoms with Crippen molar-refractivity contribution in [2.75, 3.05) is 11.9 Å². The summed E-state index contributed by atoms with van der Waals surface area (Å²) in [5, 5.41) is 10.6. The molecule has 116 valence electrons. The lowest BCUT2D eigenvalue weighted by Gasteiger charge is -2.21. The number of nitrogens with zero attached hydrogens (tertiary/aromatic N) is 2. The summed E-state index contributed by atoms with van der Waals surface area (Å²) in [5.74, 6) is 0.859. The summed E-state index contributed by atoms with van der Waals surface area (Å²) in [6, 6.07) is 21.8. The highest BCUT2D eigenvalue weighted by Gasteiger charge is 2.15. The molecule has 0 aliphatic heterocycles. The largest absolute Gasteiger partial charge is 0.384 e. The van der Waals surface area contributed by atoms with Crippen LogP contribution in [0.25, 0.3) is 0 Å². The Hall–Kier alpha value is -2.65. The van der Waals surface area contributed by atoms with Gasteiger partial charge in [-0.2, -0.15) is 0 Å². The number of pyridine rings is 1. The maximum atomic E-state index is 10.6. The SMILES string of the molecule is Cc1cc(N(C)c2ccccc2)ncc1[C@@H](O)c1ccccc1. The number of aromatic nitrogens is 1. The molecule has 0 radical (unpaired) electrons. The van der Waals surface area contributed by atoms with Gasteiger partial charge in [-0.1, -0.05) is 48.5 Å². The van der Waals surface area contributed by atoms with Crippen molar-refractivity contribution >= 4 is 11.5 Å². The predicted octanol–water partition coefficient (Wildman–Crippen LogP) is 4.24. The molecule has 0 saturated carbocycles. The number of hydrogen-bond acceptors (Lipinski definition) is 3. The van der Waals surface area contributed by atoms with Gasteiger partial charge in [0.15, 0.2) is 0 Å². The second kappa shape index (κ2) is 6.63. The quantitative estimate of drug-likeness (QED) is 0.783. The van der Waals surface area contributed by atoms with Gasteiger partial charge in [-0.25, -0.2) is 4.98 Å². The van der Waals surface area contributed by atoms with E-state index in [1.54, 1.807) is 6.20 Å². The van der Waals surface area contributed by atoms with Gasteiger partial charge in [-0.05, 0) is 36.2 Å². The zero-order valence-electron chi connectivity index (χ0n) is 13.3. The van der Waals surface area contributed by atoms with Crippen molar-refractivity contribution in [1.82, 2.24) is 4.98 Å². The molecule has 0 unspecified atom stereocenters. The Kier molecular flexibility index (Phi) is 4.40. The summed E-state index contributed by atoms with van der Waals surface area (Å²) in [6.07, 6.45) is 1.11. The molecule has 3 aromatic rings. The van der Waals surface area contributed by atoms with E-state index in [0.29, 0.717) is 0 Å². The molecule has 1 N–H and O–H groups in total. The summed E-state index contributed by atoms with van der Waals surface area (Å²) in [6.45, 7) is 2.01. The Bertz CT molecular complexity index is 772. The van der Waals surface area contributed by atoms with E-state index in [1.807, 2.05) is 85.6 Å². The summed E-state index contributed by atoms with van der Waals surface area (Å²) in [7, 11) is 1.99. The van der Waals surface area contributed by atoms with Crippen molar-refractivity contribution in [3.8, 4) is 0 Å².